The Morgan fingerprint density at radius 3 is 2.12 bits per heavy atom. The molecule has 2 heterocycles. The van der Waals surface area contributed by atoms with Crippen LogP contribution in [0, 0.1) is 0 Å². The first kappa shape index (κ1) is 10.6. The summed E-state index contributed by atoms with van der Waals surface area (Å²) in [5.41, 5.74) is 0.490. The van der Waals surface area contributed by atoms with Gasteiger partial charge in [-0.2, -0.15) is 13.2 Å². The zero-order valence-electron chi connectivity index (χ0n) is 8.07. The van der Waals surface area contributed by atoms with Crippen molar-refractivity contribution in [3.8, 4) is 11.3 Å². The fourth-order valence-corrected chi connectivity index (χ4v) is 1.25. The van der Waals surface area contributed by atoms with Crippen LogP contribution in [0.2, 0.25) is 0 Å². The van der Waals surface area contributed by atoms with Gasteiger partial charge in [0.25, 0.3) is 0 Å². The molecule has 2 rings (SSSR count). The summed E-state index contributed by atoms with van der Waals surface area (Å²) in [6.07, 6.45) is -0.386. The molecule has 0 spiro atoms. The van der Waals surface area contributed by atoms with Crippen molar-refractivity contribution in [2.45, 2.75) is 6.18 Å². The summed E-state index contributed by atoms with van der Waals surface area (Å²) in [4.78, 5) is 7.59. The molecule has 2 aromatic rings. The fourth-order valence-electron chi connectivity index (χ4n) is 1.25. The second-order valence-electron chi connectivity index (χ2n) is 3.17. The number of hydrogen-bond donors (Lipinski definition) is 0. The molecule has 0 unspecified atom stereocenters. The molecule has 0 radical (unpaired) electrons. The predicted octanol–water partition coefficient (Wildman–Crippen LogP) is 3.16. The van der Waals surface area contributed by atoms with Gasteiger partial charge in [0.05, 0.1) is 11.3 Å². The van der Waals surface area contributed by atoms with E-state index >= 15 is 0 Å². The highest BCUT2D eigenvalue weighted by Crippen LogP contribution is 2.29. The lowest BCUT2D eigenvalue weighted by Gasteiger charge is -2.06. The molecule has 5 heteroatoms. The van der Waals surface area contributed by atoms with Crippen molar-refractivity contribution in [1.29, 1.82) is 0 Å². The van der Waals surface area contributed by atoms with Gasteiger partial charge in [-0.3, -0.25) is 9.97 Å². The highest BCUT2D eigenvalue weighted by Gasteiger charge is 2.30. The molecular weight excluding hydrogens is 217 g/mol. The molecule has 0 bridgehead atoms. The summed E-state index contributed by atoms with van der Waals surface area (Å²) >= 11 is 0. The summed E-state index contributed by atoms with van der Waals surface area (Å²) in [6.45, 7) is 0. The van der Waals surface area contributed by atoms with Gasteiger partial charge in [0.15, 0.2) is 0 Å². The van der Waals surface area contributed by atoms with Crippen molar-refractivity contribution in [3.63, 3.8) is 0 Å². The first-order valence-corrected chi connectivity index (χ1v) is 4.51. The summed E-state index contributed by atoms with van der Waals surface area (Å²) in [7, 11) is 0. The lowest BCUT2D eigenvalue weighted by Crippen LogP contribution is -2.05. The van der Waals surface area contributed by atoms with Crippen molar-refractivity contribution in [1.82, 2.24) is 9.97 Å². The largest absolute Gasteiger partial charge is 0.417 e. The average molecular weight is 224 g/mol. The highest BCUT2D eigenvalue weighted by molar-refractivity contribution is 5.58. The van der Waals surface area contributed by atoms with Crippen molar-refractivity contribution < 1.29 is 13.2 Å². The van der Waals surface area contributed by atoms with Crippen LogP contribution in [0.15, 0.2) is 42.9 Å². The van der Waals surface area contributed by atoms with Gasteiger partial charge in [-0.1, -0.05) is 0 Å². The summed E-state index contributed by atoms with van der Waals surface area (Å²) in [6, 6.07) is 5.74. The first-order chi connectivity index (χ1) is 7.57. The van der Waals surface area contributed by atoms with Gasteiger partial charge in [-0.25, -0.2) is 0 Å². The monoisotopic (exact) mass is 224 g/mol. The van der Waals surface area contributed by atoms with E-state index in [1.165, 1.54) is 6.07 Å². The van der Waals surface area contributed by atoms with Gasteiger partial charge in [0.1, 0.15) is 0 Å². The Labute approximate surface area is 89.8 Å². The van der Waals surface area contributed by atoms with Crippen LogP contribution < -0.4 is 0 Å². The van der Waals surface area contributed by atoms with Gasteiger partial charge in [0, 0.05) is 24.2 Å². The molecule has 82 valence electrons. The molecule has 2 aromatic heterocycles. The van der Waals surface area contributed by atoms with Crippen LogP contribution in [-0.4, -0.2) is 9.97 Å². The Morgan fingerprint density at radius 2 is 1.62 bits per heavy atom. The van der Waals surface area contributed by atoms with Gasteiger partial charge in [0.2, 0.25) is 0 Å². The number of halogens is 3. The number of hydrogen-bond acceptors (Lipinski definition) is 2. The summed E-state index contributed by atoms with van der Waals surface area (Å²) in [5.74, 6) is 0. The van der Waals surface area contributed by atoms with Crippen LogP contribution in [0.1, 0.15) is 5.56 Å². The third-order valence-electron chi connectivity index (χ3n) is 2.07. The fraction of sp³-hybridized carbons (Fsp3) is 0.0909. The van der Waals surface area contributed by atoms with Crippen LogP contribution in [0.5, 0.6) is 0 Å². The van der Waals surface area contributed by atoms with E-state index in [2.05, 4.69) is 9.97 Å². The Balaban J connectivity index is 2.34. The molecule has 16 heavy (non-hydrogen) atoms. The van der Waals surface area contributed by atoms with E-state index in [4.69, 9.17) is 0 Å². The highest BCUT2D eigenvalue weighted by atomic mass is 19.4. The standard InChI is InChI=1S/C11H7F3N2/c12-11(13,14)9-1-2-10(16-7-9)8-3-5-15-6-4-8/h1-7H. The minimum Gasteiger partial charge on any atom is -0.265 e. The maximum Gasteiger partial charge on any atom is 0.417 e. The molecule has 0 amide bonds. The first-order valence-electron chi connectivity index (χ1n) is 4.51. The Bertz CT molecular complexity index is 463. The molecule has 0 fully saturated rings. The molecule has 0 aliphatic heterocycles. The van der Waals surface area contributed by atoms with Crippen molar-refractivity contribution >= 4 is 0 Å². The van der Waals surface area contributed by atoms with Crippen LogP contribution >= 0.6 is 0 Å². The third kappa shape index (κ3) is 2.18. The molecule has 0 saturated heterocycles. The van der Waals surface area contributed by atoms with Gasteiger partial charge < -0.3 is 0 Å². The lowest BCUT2D eigenvalue weighted by molar-refractivity contribution is -0.137. The number of alkyl halides is 3. The van der Waals surface area contributed by atoms with Crippen LogP contribution in [0.3, 0.4) is 0 Å². The van der Waals surface area contributed by atoms with E-state index in [0.29, 0.717) is 5.69 Å². The van der Waals surface area contributed by atoms with Crippen molar-refractivity contribution in [2.75, 3.05) is 0 Å². The second kappa shape index (κ2) is 3.92. The molecular formula is C11H7F3N2. The number of nitrogens with zero attached hydrogens (tertiary/aromatic N) is 2. The zero-order valence-corrected chi connectivity index (χ0v) is 8.07. The van der Waals surface area contributed by atoms with E-state index in [0.717, 1.165) is 17.8 Å². The van der Waals surface area contributed by atoms with E-state index in [9.17, 15) is 13.2 Å². The minimum absolute atomic E-state index is 0.496. The smallest absolute Gasteiger partial charge is 0.265 e. The maximum atomic E-state index is 12.3. The van der Waals surface area contributed by atoms with Crippen molar-refractivity contribution in [2.24, 2.45) is 0 Å². The molecule has 0 aliphatic rings. The van der Waals surface area contributed by atoms with Crippen LogP contribution in [-0.2, 0) is 6.18 Å². The normalized spacial score (nSPS) is 11.4. The lowest BCUT2D eigenvalue weighted by atomic mass is 10.1. The van der Waals surface area contributed by atoms with Crippen LogP contribution in [0.25, 0.3) is 11.3 Å². The van der Waals surface area contributed by atoms with Gasteiger partial charge in [-0.15, -0.1) is 0 Å². The molecule has 0 saturated carbocycles. The Kier molecular flexibility index (Phi) is 2.60. The minimum atomic E-state index is -4.34. The van der Waals surface area contributed by atoms with E-state index in [1.54, 1.807) is 24.5 Å². The Morgan fingerprint density at radius 1 is 0.938 bits per heavy atom. The number of rotatable bonds is 1. The predicted molar refractivity (Wildman–Crippen MR) is 52.5 cm³/mol. The number of pyridine rings is 2. The molecule has 0 N–H and O–H groups in total. The molecule has 0 aliphatic carbocycles. The average Bonchev–Trinajstić information content (AvgIpc) is 2.29. The van der Waals surface area contributed by atoms with E-state index < -0.39 is 11.7 Å². The zero-order chi connectivity index (χ0) is 11.6. The SMILES string of the molecule is FC(F)(F)c1ccc(-c2ccncc2)nc1. The molecule has 0 aromatic carbocycles. The maximum absolute atomic E-state index is 12.3. The Hall–Kier alpha value is -1.91. The van der Waals surface area contributed by atoms with Gasteiger partial charge in [-0.05, 0) is 24.3 Å². The third-order valence-corrected chi connectivity index (χ3v) is 2.07. The quantitative estimate of drug-likeness (QED) is 0.743. The number of aromatic nitrogens is 2. The van der Waals surface area contributed by atoms with E-state index in [-0.39, 0.29) is 0 Å². The van der Waals surface area contributed by atoms with Crippen LogP contribution in [0.4, 0.5) is 13.2 Å². The molecule has 2 nitrogen and oxygen atoms in total. The molecule has 0 atom stereocenters. The summed E-state index contributed by atoms with van der Waals surface area (Å²) < 4.78 is 36.8. The topological polar surface area (TPSA) is 25.8 Å². The second-order valence-corrected chi connectivity index (χ2v) is 3.17. The van der Waals surface area contributed by atoms with E-state index in [1.807, 2.05) is 0 Å². The van der Waals surface area contributed by atoms with Gasteiger partial charge >= 0.3 is 6.18 Å². The van der Waals surface area contributed by atoms with Crippen molar-refractivity contribution in [3.05, 3.63) is 48.4 Å². The summed E-state index contributed by atoms with van der Waals surface area (Å²) in [5, 5.41) is 0.